The minimum absolute atomic E-state index is 0.0241. The second-order valence-corrected chi connectivity index (χ2v) is 6.26. The molecule has 1 atom stereocenters. The lowest BCUT2D eigenvalue weighted by Gasteiger charge is -2.16. The molecule has 0 bridgehead atoms. The van der Waals surface area contributed by atoms with Crippen LogP contribution in [-0.2, 0) is 9.84 Å². The summed E-state index contributed by atoms with van der Waals surface area (Å²) in [5, 5.41) is -0.820. The Morgan fingerprint density at radius 3 is 2.11 bits per heavy atom. The third-order valence-electron chi connectivity index (χ3n) is 2.90. The molecule has 0 heterocycles. The molecule has 0 unspecified atom stereocenters. The molecule has 0 saturated heterocycles. The molecule has 100 valence electrons. The van der Waals surface area contributed by atoms with Crippen LogP contribution in [0.15, 0.2) is 59.5 Å². The molecular weight excluding hydrogens is 265 g/mol. The number of halogens is 1. The van der Waals surface area contributed by atoms with Gasteiger partial charge in [0.25, 0.3) is 0 Å². The van der Waals surface area contributed by atoms with E-state index in [1.165, 1.54) is 12.1 Å². The van der Waals surface area contributed by atoms with E-state index in [1.807, 2.05) is 6.07 Å². The van der Waals surface area contributed by atoms with Crippen molar-refractivity contribution < 1.29 is 12.8 Å². The molecule has 0 amide bonds. The molecule has 2 aromatic rings. The molecule has 2 N–H and O–H groups in total. The van der Waals surface area contributed by atoms with E-state index >= 15 is 0 Å². The summed E-state index contributed by atoms with van der Waals surface area (Å²) in [7, 11) is -3.61. The van der Waals surface area contributed by atoms with Crippen molar-refractivity contribution in [1.82, 2.24) is 0 Å². The van der Waals surface area contributed by atoms with Crippen molar-refractivity contribution in [3.63, 3.8) is 0 Å². The average molecular weight is 279 g/mol. The topological polar surface area (TPSA) is 60.2 Å². The summed E-state index contributed by atoms with van der Waals surface area (Å²) in [5.41, 5.74) is 6.24. The first-order chi connectivity index (χ1) is 9.05. The molecule has 3 nitrogen and oxygen atoms in total. The van der Waals surface area contributed by atoms with Crippen molar-refractivity contribution in [2.45, 2.75) is 10.1 Å². The SMILES string of the molecule is NC[C@@H](c1ccccc1)S(=O)(=O)c1ccc(F)cc1. The molecule has 0 radical (unpaired) electrons. The van der Waals surface area contributed by atoms with Crippen LogP contribution in [-0.4, -0.2) is 15.0 Å². The molecule has 19 heavy (non-hydrogen) atoms. The summed E-state index contributed by atoms with van der Waals surface area (Å²) >= 11 is 0. The van der Waals surface area contributed by atoms with Crippen molar-refractivity contribution in [3.8, 4) is 0 Å². The van der Waals surface area contributed by atoms with Crippen LogP contribution in [0.1, 0.15) is 10.8 Å². The van der Waals surface area contributed by atoms with E-state index < -0.39 is 20.9 Å². The first-order valence-electron chi connectivity index (χ1n) is 5.80. The second kappa shape index (κ2) is 5.50. The lowest BCUT2D eigenvalue weighted by atomic mass is 10.1. The summed E-state index contributed by atoms with van der Waals surface area (Å²) in [6.45, 7) is -0.0241. The molecule has 0 spiro atoms. The maximum Gasteiger partial charge on any atom is 0.186 e. The van der Waals surface area contributed by atoms with E-state index in [4.69, 9.17) is 5.73 Å². The Labute approximate surface area is 111 Å². The van der Waals surface area contributed by atoms with Crippen LogP contribution in [0.5, 0.6) is 0 Å². The Bertz CT molecular complexity index is 639. The van der Waals surface area contributed by atoms with Crippen LogP contribution in [0.25, 0.3) is 0 Å². The van der Waals surface area contributed by atoms with E-state index in [2.05, 4.69) is 0 Å². The lowest BCUT2D eigenvalue weighted by molar-refractivity contribution is 0.581. The molecule has 5 heteroatoms. The predicted molar refractivity (Wildman–Crippen MR) is 71.8 cm³/mol. The highest BCUT2D eigenvalue weighted by Crippen LogP contribution is 2.27. The fourth-order valence-corrected chi connectivity index (χ4v) is 3.51. The summed E-state index contributed by atoms with van der Waals surface area (Å²) in [6, 6.07) is 13.6. The summed E-state index contributed by atoms with van der Waals surface area (Å²) in [6.07, 6.45) is 0. The highest BCUT2D eigenvalue weighted by molar-refractivity contribution is 7.91. The van der Waals surface area contributed by atoms with Gasteiger partial charge in [0.15, 0.2) is 9.84 Å². The van der Waals surface area contributed by atoms with Gasteiger partial charge in [-0.15, -0.1) is 0 Å². The first-order valence-corrected chi connectivity index (χ1v) is 7.35. The third-order valence-corrected chi connectivity index (χ3v) is 5.05. The molecule has 0 fully saturated rings. The summed E-state index contributed by atoms with van der Waals surface area (Å²) in [5.74, 6) is -0.469. The number of nitrogens with two attached hydrogens (primary N) is 1. The molecule has 0 aliphatic heterocycles. The average Bonchev–Trinajstić information content (AvgIpc) is 2.41. The van der Waals surface area contributed by atoms with Gasteiger partial charge in [-0.05, 0) is 29.8 Å². The van der Waals surface area contributed by atoms with Gasteiger partial charge in [0, 0.05) is 6.54 Å². The van der Waals surface area contributed by atoms with Crippen molar-refractivity contribution in [3.05, 3.63) is 66.0 Å². The van der Waals surface area contributed by atoms with Gasteiger partial charge in [0.1, 0.15) is 11.1 Å². The van der Waals surface area contributed by atoms with Gasteiger partial charge >= 0.3 is 0 Å². The molecule has 0 aliphatic carbocycles. The monoisotopic (exact) mass is 279 g/mol. The van der Waals surface area contributed by atoms with Crippen LogP contribution in [0.3, 0.4) is 0 Å². The van der Waals surface area contributed by atoms with E-state index in [0.29, 0.717) is 5.56 Å². The predicted octanol–water partition coefficient (Wildman–Crippen LogP) is 2.30. The Kier molecular flexibility index (Phi) is 3.97. The van der Waals surface area contributed by atoms with Crippen LogP contribution >= 0.6 is 0 Å². The van der Waals surface area contributed by atoms with Gasteiger partial charge in [-0.1, -0.05) is 30.3 Å². The van der Waals surface area contributed by atoms with Crippen molar-refractivity contribution >= 4 is 9.84 Å². The van der Waals surface area contributed by atoms with Crippen molar-refractivity contribution in [2.75, 3.05) is 6.54 Å². The molecule has 0 aliphatic rings. The van der Waals surface area contributed by atoms with Gasteiger partial charge in [0.2, 0.25) is 0 Å². The summed E-state index contributed by atoms with van der Waals surface area (Å²) < 4.78 is 37.8. The normalized spacial score (nSPS) is 13.2. The minimum atomic E-state index is -3.61. The Balaban J connectivity index is 2.45. The Morgan fingerprint density at radius 2 is 1.58 bits per heavy atom. The van der Waals surface area contributed by atoms with E-state index in [9.17, 15) is 12.8 Å². The van der Waals surface area contributed by atoms with Crippen molar-refractivity contribution in [2.24, 2.45) is 5.73 Å². The van der Waals surface area contributed by atoms with E-state index in [1.54, 1.807) is 24.3 Å². The first kappa shape index (κ1) is 13.7. The highest BCUT2D eigenvalue weighted by atomic mass is 32.2. The zero-order valence-electron chi connectivity index (χ0n) is 10.2. The number of hydrogen-bond acceptors (Lipinski definition) is 3. The summed E-state index contributed by atoms with van der Waals surface area (Å²) in [4.78, 5) is 0.0770. The number of rotatable bonds is 4. The van der Waals surface area contributed by atoms with Crippen molar-refractivity contribution in [1.29, 1.82) is 0 Å². The van der Waals surface area contributed by atoms with Gasteiger partial charge in [-0.2, -0.15) is 0 Å². The maximum absolute atomic E-state index is 12.9. The molecule has 0 saturated carbocycles. The molecular formula is C14H14FNO2S. The van der Waals surface area contributed by atoms with Crippen LogP contribution < -0.4 is 5.73 Å². The van der Waals surface area contributed by atoms with Crippen LogP contribution in [0.4, 0.5) is 4.39 Å². The van der Waals surface area contributed by atoms with Gasteiger partial charge in [-0.25, -0.2) is 12.8 Å². The van der Waals surface area contributed by atoms with Gasteiger partial charge in [0.05, 0.1) is 4.90 Å². The van der Waals surface area contributed by atoms with Gasteiger partial charge in [-0.3, -0.25) is 0 Å². The fraction of sp³-hybridized carbons (Fsp3) is 0.143. The number of benzene rings is 2. The van der Waals surface area contributed by atoms with E-state index in [-0.39, 0.29) is 11.4 Å². The third kappa shape index (κ3) is 2.83. The van der Waals surface area contributed by atoms with Gasteiger partial charge < -0.3 is 5.73 Å². The molecule has 2 aromatic carbocycles. The Morgan fingerprint density at radius 1 is 1.00 bits per heavy atom. The van der Waals surface area contributed by atoms with E-state index in [0.717, 1.165) is 12.1 Å². The standard InChI is InChI=1S/C14H14FNO2S/c15-12-6-8-13(9-7-12)19(17,18)14(10-16)11-4-2-1-3-5-11/h1-9,14H,10,16H2/t14-/m0/s1. The molecule has 0 aromatic heterocycles. The second-order valence-electron chi connectivity index (χ2n) is 4.13. The quantitative estimate of drug-likeness (QED) is 0.874. The van der Waals surface area contributed by atoms with Crippen LogP contribution in [0.2, 0.25) is 0 Å². The van der Waals surface area contributed by atoms with Crippen LogP contribution in [0, 0.1) is 5.82 Å². The Hall–Kier alpha value is -1.72. The largest absolute Gasteiger partial charge is 0.329 e. The highest BCUT2D eigenvalue weighted by Gasteiger charge is 2.27. The lowest BCUT2D eigenvalue weighted by Crippen LogP contribution is -2.22. The maximum atomic E-state index is 12.9. The smallest absolute Gasteiger partial charge is 0.186 e. The fourth-order valence-electron chi connectivity index (χ4n) is 1.90. The molecule has 2 rings (SSSR count). The number of sulfone groups is 1. The zero-order chi connectivity index (χ0) is 13.9. The number of hydrogen-bond donors (Lipinski definition) is 1. The zero-order valence-corrected chi connectivity index (χ0v) is 11.0. The minimum Gasteiger partial charge on any atom is -0.329 e.